The Morgan fingerprint density at radius 2 is 2.07 bits per heavy atom. The van der Waals surface area contributed by atoms with Crippen LogP contribution in [0.5, 0.6) is 0 Å². The van der Waals surface area contributed by atoms with Crippen LogP contribution in [0.2, 0.25) is 0 Å². The smallest absolute Gasteiger partial charge is 0.323 e. The molecule has 0 spiro atoms. The fourth-order valence-electron chi connectivity index (χ4n) is 3.32. The molecule has 4 atom stereocenters. The van der Waals surface area contributed by atoms with Gasteiger partial charge < -0.3 is 9.47 Å². The minimum Gasteiger partial charge on any atom is -0.392 e. The average molecular weight is 196 g/mol. The lowest BCUT2D eigenvalue weighted by Crippen LogP contribution is -2.44. The Hall–Kier alpha value is -0.900. The first kappa shape index (κ1) is 8.41. The van der Waals surface area contributed by atoms with Crippen molar-refractivity contribution in [2.45, 2.75) is 38.4 Å². The zero-order chi connectivity index (χ0) is 10.1. The molecule has 14 heavy (non-hydrogen) atoms. The van der Waals surface area contributed by atoms with Gasteiger partial charge in [-0.3, -0.25) is 9.59 Å². The van der Waals surface area contributed by atoms with E-state index in [0.29, 0.717) is 0 Å². The standard InChI is InChI=1S/C10H12O4/c1-9-4-3-5(14-9)10(2)6(9)7(11)13-8(10)12/h5-6H,3-4H2,1-2H3/t5-,6+,9+,10-/m1/s1. The van der Waals surface area contributed by atoms with E-state index < -0.39 is 23.0 Å². The third kappa shape index (κ3) is 0.639. The number of hydrogen-bond acceptors (Lipinski definition) is 4. The fraction of sp³-hybridized carbons (Fsp3) is 0.800. The van der Waals surface area contributed by atoms with Crippen LogP contribution in [0.3, 0.4) is 0 Å². The molecule has 3 aliphatic rings. The van der Waals surface area contributed by atoms with Gasteiger partial charge in [-0.15, -0.1) is 0 Å². The second kappa shape index (κ2) is 2.03. The lowest BCUT2D eigenvalue weighted by Gasteiger charge is -2.30. The van der Waals surface area contributed by atoms with E-state index in [9.17, 15) is 9.59 Å². The van der Waals surface area contributed by atoms with Crippen LogP contribution in [0.15, 0.2) is 0 Å². The molecule has 0 N–H and O–H groups in total. The van der Waals surface area contributed by atoms with Crippen molar-refractivity contribution in [1.29, 1.82) is 0 Å². The molecule has 2 bridgehead atoms. The molecule has 3 saturated heterocycles. The molecule has 0 unspecified atom stereocenters. The van der Waals surface area contributed by atoms with E-state index in [0.717, 1.165) is 12.8 Å². The summed E-state index contributed by atoms with van der Waals surface area (Å²) < 4.78 is 10.5. The van der Waals surface area contributed by atoms with E-state index in [1.165, 1.54) is 0 Å². The number of hydrogen-bond donors (Lipinski definition) is 0. The largest absolute Gasteiger partial charge is 0.392 e. The van der Waals surface area contributed by atoms with Crippen LogP contribution in [-0.4, -0.2) is 23.6 Å². The van der Waals surface area contributed by atoms with Crippen molar-refractivity contribution in [1.82, 2.24) is 0 Å². The molecule has 4 nitrogen and oxygen atoms in total. The number of ether oxygens (including phenoxy) is 2. The molecule has 3 heterocycles. The van der Waals surface area contributed by atoms with Crippen LogP contribution in [0, 0.1) is 11.3 Å². The van der Waals surface area contributed by atoms with E-state index >= 15 is 0 Å². The van der Waals surface area contributed by atoms with Crippen molar-refractivity contribution < 1.29 is 19.1 Å². The summed E-state index contributed by atoms with van der Waals surface area (Å²) in [5, 5.41) is 0. The Bertz CT molecular complexity index is 350. The number of cyclic esters (lactones) is 2. The van der Waals surface area contributed by atoms with Crippen molar-refractivity contribution in [3.05, 3.63) is 0 Å². The summed E-state index contributed by atoms with van der Waals surface area (Å²) in [6.45, 7) is 3.70. The van der Waals surface area contributed by atoms with Gasteiger partial charge in [0.2, 0.25) is 0 Å². The van der Waals surface area contributed by atoms with Gasteiger partial charge in [0.25, 0.3) is 0 Å². The van der Waals surface area contributed by atoms with Gasteiger partial charge in [-0.1, -0.05) is 0 Å². The second-order valence-electron chi connectivity index (χ2n) is 4.88. The molecule has 0 amide bonds. The summed E-state index contributed by atoms with van der Waals surface area (Å²) in [7, 11) is 0. The first-order valence-corrected chi connectivity index (χ1v) is 4.92. The molecule has 0 aromatic heterocycles. The Kier molecular flexibility index (Phi) is 1.22. The van der Waals surface area contributed by atoms with E-state index in [1.807, 2.05) is 6.92 Å². The SMILES string of the molecule is C[C@]12C(=O)OC(=O)[C@H]1[C@]1(C)CC[C@H]2O1. The summed E-state index contributed by atoms with van der Waals surface area (Å²) >= 11 is 0. The maximum absolute atomic E-state index is 11.6. The van der Waals surface area contributed by atoms with Gasteiger partial charge in [0, 0.05) is 0 Å². The van der Waals surface area contributed by atoms with Crippen LogP contribution in [0.4, 0.5) is 0 Å². The predicted octanol–water partition coefficient (Wildman–Crippen LogP) is 0.644. The molecule has 3 rings (SSSR count). The van der Waals surface area contributed by atoms with Gasteiger partial charge in [0.05, 0.1) is 11.7 Å². The van der Waals surface area contributed by atoms with Crippen LogP contribution >= 0.6 is 0 Å². The van der Waals surface area contributed by atoms with Crippen LogP contribution in [-0.2, 0) is 19.1 Å². The van der Waals surface area contributed by atoms with Crippen molar-refractivity contribution in [3.8, 4) is 0 Å². The zero-order valence-corrected chi connectivity index (χ0v) is 8.20. The third-order valence-electron chi connectivity index (χ3n) is 4.06. The molecule has 4 heteroatoms. The lowest BCUT2D eigenvalue weighted by atomic mass is 9.64. The van der Waals surface area contributed by atoms with Gasteiger partial charge in [0.1, 0.15) is 11.3 Å². The van der Waals surface area contributed by atoms with Crippen molar-refractivity contribution in [2.75, 3.05) is 0 Å². The van der Waals surface area contributed by atoms with Gasteiger partial charge in [-0.05, 0) is 26.7 Å². The van der Waals surface area contributed by atoms with E-state index in [4.69, 9.17) is 9.47 Å². The molecule has 76 valence electrons. The highest BCUT2D eigenvalue weighted by molar-refractivity contribution is 6.00. The summed E-state index contributed by atoms with van der Waals surface area (Å²) in [6.07, 6.45) is 1.57. The Morgan fingerprint density at radius 1 is 1.36 bits per heavy atom. The predicted molar refractivity (Wildman–Crippen MR) is 45.2 cm³/mol. The number of fused-ring (bicyclic) bond motifs is 5. The first-order valence-electron chi connectivity index (χ1n) is 4.92. The minimum absolute atomic E-state index is 0.128. The average Bonchev–Trinajstić information content (AvgIpc) is 2.62. The zero-order valence-electron chi connectivity index (χ0n) is 8.20. The minimum atomic E-state index is -0.718. The van der Waals surface area contributed by atoms with E-state index in [-0.39, 0.29) is 12.0 Å². The van der Waals surface area contributed by atoms with Gasteiger partial charge >= 0.3 is 11.9 Å². The van der Waals surface area contributed by atoms with Crippen LogP contribution in [0.1, 0.15) is 26.7 Å². The highest BCUT2D eigenvalue weighted by atomic mass is 16.6. The monoisotopic (exact) mass is 196 g/mol. The topological polar surface area (TPSA) is 52.6 Å². The second-order valence-corrected chi connectivity index (χ2v) is 4.88. The lowest BCUT2D eigenvalue weighted by molar-refractivity contribution is -0.160. The summed E-state index contributed by atoms with van der Waals surface area (Å²) in [4.78, 5) is 23.1. The van der Waals surface area contributed by atoms with Crippen LogP contribution < -0.4 is 0 Å². The van der Waals surface area contributed by atoms with E-state index in [1.54, 1.807) is 6.92 Å². The summed E-state index contributed by atoms with van der Waals surface area (Å²) in [5.74, 6) is -1.19. The van der Waals surface area contributed by atoms with Crippen LogP contribution in [0.25, 0.3) is 0 Å². The number of carbonyl (C=O) groups excluding carboxylic acids is 2. The van der Waals surface area contributed by atoms with Crippen molar-refractivity contribution in [3.63, 3.8) is 0 Å². The maximum Gasteiger partial charge on any atom is 0.323 e. The number of rotatable bonds is 0. The molecular weight excluding hydrogens is 184 g/mol. The highest BCUT2D eigenvalue weighted by Crippen LogP contribution is 2.61. The molecular formula is C10H12O4. The van der Waals surface area contributed by atoms with Gasteiger partial charge in [-0.2, -0.15) is 0 Å². The van der Waals surface area contributed by atoms with E-state index in [2.05, 4.69) is 0 Å². The Labute approximate surface area is 81.6 Å². The third-order valence-corrected chi connectivity index (χ3v) is 4.06. The van der Waals surface area contributed by atoms with Gasteiger partial charge in [-0.25, -0.2) is 0 Å². The van der Waals surface area contributed by atoms with Gasteiger partial charge in [0.15, 0.2) is 0 Å². The molecule has 0 aromatic rings. The first-order chi connectivity index (χ1) is 6.48. The highest BCUT2D eigenvalue weighted by Gasteiger charge is 2.73. The molecule has 3 aliphatic heterocycles. The Balaban J connectivity index is 2.16. The number of carbonyl (C=O) groups is 2. The quantitative estimate of drug-likeness (QED) is 0.421. The van der Waals surface area contributed by atoms with Crippen molar-refractivity contribution in [2.24, 2.45) is 11.3 Å². The number of esters is 2. The van der Waals surface area contributed by atoms with Crippen molar-refractivity contribution >= 4 is 11.9 Å². The summed E-state index contributed by atoms with van der Waals surface area (Å²) in [6, 6.07) is 0. The normalized spacial score (nSPS) is 55.0. The molecule has 0 aliphatic carbocycles. The fourth-order valence-corrected chi connectivity index (χ4v) is 3.32. The molecule has 0 saturated carbocycles. The summed E-state index contributed by atoms with van der Waals surface area (Å²) in [5.41, 5.74) is -1.19. The Morgan fingerprint density at radius 3 is 2.71 bits per heavy atom. The molecule has 0 radical (unpaired) electrons. The molecule has 0 aromatic carbocycles. The molecule has 3 fully saturated rings. The maximum atomic E-state index is 11.6.